The number of amides is 2. The van der Waals surface area contributed by atoms with Crippen molar-refractivity contribution in [3.05, 3.63) is 108 Å². The van der Waals surface area contributed by atoms with Gasteiger partial charge in [0.15, 0.2) is 0 Å². The smallest absolute Gasteiger partial charge is 0.275 e. The number of thioether (sulfide) groups is 1. The number of hydrogen-bond donors (Lipinski definition) is 2. The molecule has 166 valence electrons. The maximum Gasteiger partial charge on any atom is 0.275 e. The highest BCUT2D eigenvalue weighted by Crippen LogP contribution is 2.19. The van der Waals surface area contributed by atoms with Crippen LogP contribution in [-0.2, 0) is 6.54 Å². The van der Waals surface area contributed by atoms with E-state index < -0.39 is 11.7 Å². The molecule has 0 saturated heterocycles. The third-order valence-corrected chi connectivity index (χ3v) is 5.61. The standard InChI is InChI=1S/C25H21FN4O2S/c1-33-20-6-4-5-19(13-20)29-25(32)23-15-30(16-27-23)14-17-9-11-18(12-10-17)28-24(31)21-7-2-3-8-22(21)26/h2-13,15-16H,14H2,1H3,(H,28,31)(H,29,32). The van der Waals surface area contributed by atoms with E-state index in [1.54, 1.807) is 47.1 Å². The molecule has 2 amide bonds. The Morgan fingerprint density at radius 2 is 1.70 bits per heavy atom. The molecule has 0 radical (unpaired) electrons. The summed E-state index contributed by atoms with van der Waals surface area (Å²) in [4.78, 5) is 30.0. The predicted octanol–water partition coefficient (Wildman–Crippen LogP) is 5.30. The number of carbonyl (C=O) groups excluding carboxylic acids is 2. The highest BCUT2D eigenvalue weighted by molar-refractivity contribution is 7.98. The van der Waals surface area contributed by atoms with Crippen LogP contribution in [-0.4, -0.2) is 27.6 Å². The summed E-state index contributed by atoms with van der Waals surface area (Å²) < 4.78 is 15.6. The molecule has 1 heterocycles. The highest BCUT2D eigenvalue weighted by Gasteiger charge is 2.12. The lowest BCUT2D eigenvalue weighted by atomic mass is 10.1. The molecule has 0 aliphatic rings. The Morgan fingerprint density at radius 3 is 2.45 bits per heavy atom. The zero-order chi connectivity index (χ0) is 23.2. The zero-order valence-electron chi connectivity index (χ0n) is 17.8. The quantitative estimate of drug-likeness (QED) is 0.367. The molecule has 2 N–H and O–H groups in total. The van der Waals surface area contributed by atoms with Crippen LogP contribution in [0.2, 0.25) is 0 Å². The fraction of sp³-hybridized carbons (Fsp3) is 0.0800. The number of halogens is 1. The van der Waals surface area contributed by atoms with E-state index in [4.69, 9.17) is 0 Å². The topological polar surface area (TPSA) is 76.0 Å². The second-order valence-corrected chi connectivity index (χ2v) is 8.13. The largest absolute Gasteiger partial charge is 0.332 e. The van der Waals surface area contributed by atoms with Crippen LogP contribution in [0.15, 0.2) is 90.2 Å². The van der Waals surface area contributed by atoms with Crippen LogP contribution in [0.25, 0.3) is 0 Å². The second-order valence-electron chi connectivity index (χ2n) is 7.25. The summed E-state index contributed by atoms with van der Waals surface area (Å²) in [7, 11) is 0. The van der Waals surface area contributed by atoms with E-state index >= 15 is 0 Å². The molecular formula is C25H21FN4O2S. The molecule has 3 aromatic carbocycles. The number of anilines is 2. The number of nitrogens with one attached hydrogen (secondary N) is 2. The monoisotopic (exact) mass is 460 g/mol. The van der Waals surface area contributed by atoms with E-state index in [0.717, 1.165) is 16.1 Å². The van der Waals surface area contributed by atoms with Crippen LogP contribution in [0.5, 0.6) is 0 Å². The zero-order valence-corrected chi connectivity index (χ0v) is 18.6. The minimum Gasteiger partial charge on any atom is -0.332 e. The molecule has 4 rings (SSSR count). The first kappa shape index (κ1) is 22.3. The molecule has 0 saturated carbocycles. The van der Waals surface area contributed by atoms with E-state index in [-0.39, 0.29) is 11.5 Å². The van der Waals surface area contributed by atoms with Crippen molar-refractivity contribution in [3.63, 3.8) is 0 Å². The molecule has 4 aromatic rings. The summed E-state index contributed by atoms with van der Waals surface area (Å²) in [6, 6.07) is 20.6. The van der Waals surface area contributed by atoms with Gasteiger partial charge in [0.25, 0.3) is 11.8 Å². The van der Waals surface area contributed by atoms with Crippen molar-refractivity contribution in [1.29, 1.82) is 0 Å². The number of imidazole rings is 1. The number of aromatic nitrogens is 2. The third-order valence-electron chi connectivity index (χ3n) is 4.89. The number of hydrogen-bond acceptors (Lipinski definition) is 4. The summed E-state index contributed by atoms with van der Waals surface area (Å²) in [5.41, 5.74) is 2.54. The number of benzene rings is 3. The Morgan fingerprint density at radius 1 is 0.939 bits per heavy atom. The molecule has 1 aromatic heterocycles. The Kier molecular flexibility index (Phi) is 6.85. The van der Waals surface area contributed by atoms with Crippen LogP contribution in [0.4, 0.5) is 15.8 Å². The van der Waals surface area contributed by atoms with Crippen LogP contribution in [0.1, 0.15) is 26.4 Å². The molecule has 0 aliphatic heterocycles. The molecule has 6 nitrogen and oxygen atoms in total. The van der Waals surface area contributed by atoms with Gasteiger partial charge in [0, 0.05) is 29.0 Å². The fourth-order valence-corrected chi connectivity index (χ4v) is 3.67. The molecule has 0 fully saturated rings. The van der Waals surface area contributed by atoms with Crippen molar-refractivity contribution >= 4 is 35.0 Å². The highest BCUT2D eigenvalue weighted by atomic mass is 32.2. The van der Waals surface area contributed by atoms with Gasteiger partial charge in [-0.2, -0.15) is 0 Å². The number of carbonyl (C=O) groups is 2. The van der Waals surface area contributed by atoms with Crippen molar-refractivity contribution in [1.82, 2.24) is 9.55 Å². The van der Waals surface area contributed by atoms with Crippen LogP contribution in [0, 0.1) is 5.82 Å². The van der Waals surface area contributed by atoms with Gasteiger partial charge >= 0.3 is 0 Å². The van der Waals surface area contributed by atoms with E-state index in [1.807, 2.05) is 42.7 Å². The van der Waals surface area contributed by atoms with E-state index in [1.165, 1.54) is 18.2 Å². The molecule has 0 aliphatic carbocycles. The van der Waals surface area contributed by atoms with Gasteiger partial charge in [0.2, 0.25) is 0 Å². The van der Waals surface area contributed by atoms with Gasteiger partial charge in [-0.3, -0.25) is 9.59 Å². The van der Waals surface area contributed by atoms with Crippen molar-refractivity contribution < 1.29 is 14.0 Å². The van der Waals surface area contributed by atoms with E-state index in [2.05, 4.69) is 15.6 Å². The van der Waals surface area contributed by atoms with E-state index in [0.29, 0.717) is 17.9 Å². The van der Waals surface area contributed by atoms with Crippen molar-refractivity contribution in [2.24, 2.45) is 0 Å². The Labute approximate surface area is 194 Å². The average molecular weight is 461 g/mol. The van der Waals surface area contributed by atoms with Crippen LogP contribution in [0.3, 0.4) is 0 Å². The second kappa shape index (κ2) is 10.1. The summed E-state index contributed by atoms with van der Waals surface area (Å²) in [6.45, 7) is 0.504. The van der Waals surface area contributed by atoms with Crippen molar-refractivity contribution in [2.45, 2.75) is 11.4 Å². The van der Waals surface area contributed by atoms with Gasteiger partial charge in [-0.25, -0.2) is 9.37 Å². The summed E-state index contributed by atoms with van der Waals surface area (Å²) >= 11 is 1.60. The van der Waals surface area contributed by atoms with Crippen LogP contribution >= 0.6 is 11.8 Å². The van der Waals surface area contributed by atoms with Gasteiger partial charge < -0.3 is 15.2 Å². The van der Waals surface area contributed by atoms with Gasteiger partial charge in [0.1, 0.15) is 11.5 Å². The Bertz CT molecular complexity index is 1290. The molecule has 0 unspecified atom stereocenters. The average Bonchev–Trinajstić information content (AvgIpc) is 3.29. The minimum atomic E-state index is -0.566. The van der Waals surface area contributed by atoms with Gasteiger partial charge in [0.05, 0.1) is 11.9 Å². The number of nitrogens with zero attached hydrogens (tertiary/aromatic N) is 2. The maximum atomic E-state index is 13.8. The first-order valence-corrected chi connectivity index (χ1v) is 11.4. The van der Waals surface area contributed by atoms with Crippen LogP contribution < -0.4 is 10.6 Å². The molecule has 33 heavy (non-hydrogen) atoms. The van der Waals surface area contributed by atoms with Crippen molar-refractivity contribution in [3.8, 4) is 0 Å². The summed E-state index contributed by atoms with van der Waals surface area (Å²) in [5.74, 6) is -1.35. The SMILES string of the molecule is CSc1cccc(NC(=O)c2cn(Cc3ccc(NC(=O)c4ccccc4F)cc3)cn2)c1. The fourth-order valence-electron chi connectivity index (χ4n) is 3.21. The summed E-state index contributed by atoms with van der Waals surface area (Å²) in [6.07, 6.45) is 5.26. The molecule has 8 heteroatoms. The third kappa shape index (κ3) is 5.67. The predicted molar refractivity (Wildman–Crippen MR) is 128 cm³/mol. The Hall–Kier alpha value is -3.91. The van der Waals surface area contributed by atoms with Gasteiger partial charge in [-0.1, -0.05) is 30.3 Å². The molecule has 0 bridgehead atoms. The first-order chi connectivity index (χ1) is 16.0. The minimum absolute atomic E-state index is 0.00836. The normalized spacial score (nSPS) is 10.6. The maximum absolute atomic E-state index is 13.8. The first-order valence-electron chi connectivity index (χ1n) is 10.1. The van der Waals surface area contributed by atoms with Crippen molar-refractivity contribution in [2.75, 3.05) is 16.9 Å². The van der Waals surface area contributed by atoms with Gasteiger partial charge in [-0.05, 0) is 54.3 Å². The summed E-state index contributed by atoms with van der Waals surface area (Å²) in [5, 5.41) is 5.55. The lowest BCUT2D eigenvalue weighted by Crippen LogP contribution is -2.13. The molecular weight excluding hydrogens is 439 g/mol. The molecule has 0 spiro atoms. The molecule has 0 atom stereocenters. The Balaban J connectivity index is 1.36. The van der Waals surface area contributed by atoms with Gasteiger partial charge in [-0.15, -0.1) is 11.8 Å². The lowest BCUT2D eigenvalue weighted by Gasteiger charge is -2.08. The number of rotatable bonds is 7. The lowest BCUT2D eigenvalue weighted by molar-refractivity contribution is 0.101. The van der Waals surface area contributed by atoms with E-state index in [9.17, 15) is 14.0 Å².